The Kier molecular flexibility index (Phi) is 3.81. The van der Waals surface area contributed by atoms with Gasteiger partial charge in [0.05, 0.1) is 10.2 Å². The van der Waals surface area contributed by atoms with E-state index in [1.54, 1.807) is 11.3 Å². The van der Waals surface area contributed by atoms with Crippen molar-refractivity contribution in [2.24, 2.45) is 5.10 Å². The lowest BCUT2D eigenvalue weighted by atomic mass is 9.84. The molecule has 0 amide bonds. The molecule has 1 N–H and O–H groups in total. The Morgan fingerprint density at radius 1 is 1.12 bits per heavy atom. The zero-order valence-corrected chi connectivity index (χ0v) is 15.3. The summed E-state index contributed by atoms with van der Waals surface area (Å²) >= 11 is 1.60. The van der Waals surface area contributed by atoms with Crippen molar-refractivity contribution in [3.8, 4) is 0 Å². The lowest BCUT2D eigenvalue weighted by Gasteiger charge is -2.23. The smallest absolute Gasteiger partial charge is 0.204 e. The van der Waals surface area contributed by atoms with E-state index in [9.17, 15) is 0 Å². The van der Waals surface area contributed by atoms with E-state index in [4.69, 9.17) is 0 Å². The molecule has 25 heavy (non-hydrogen) atoms. The molecule has 0 saturated heterocycles. The van der Waals surface area contributed by atoms with Crippen LogP contribution in [0.1, 0.15) is 19.4 Å². The van der Waals surface area contributed by atoms with Crippen molar-refractivity contribution in [1.82, 2.24) is 4.98 Å². The number of rotatable bonds is 3. The summed E-state index contributed by atoms with van der Waals surface area (Å²) in [5.41, 5.74) is 7.82. The Balaban J connectivity index is 1.54. The van der Waals surface area contributed by atoms with Crippen molar-refractivity contribution in [2.75, 3.05) is 17.4 Å². The summed E-state index contributed by atoms with van der Waals surface area (Å²) in [7, 11) is 2.11. The molecule has 126 valence electrons. The fourth-order valence-corrected chi connectivity index (χ4v) is 4.24. The standard InChI is InChI=1S/C20H20N4S/c1-20(2)14-8-4-6-10-16(14)24(3)18(20)12-13-21-23-19-22-15-9-5-7-11-17(15)25-19/h4-13H,1-3H3,(H,22,23). The lowest BCUT2D eigenvalue weighted by molar-refractivity contribution is 0.641. The van der Waals surface area contributed by atoms with Crippen LogP contribution in [0.3, 0.4) is 0 Å². The molecule has 3 aromatic rings. The molecule has 2 aromatic carbocycles. The SMILES string of the molecule is CN1C(=CC=NNc2nc3ccccc3s2)C(C)(C)c2ccccc21. The van der Waals surface area contributed by atoms with Gasteiger partial charge in [-0.3, -0.25) is 5.43 Å². The zero-order valence-electron chi connectivity index (χ0n) is 14.5. The predicted molar refractivity (Wildman–Crippen MR) is 108 cm³/mol. The van der Waals surface area contributed by atoms with Gasteiger partial charge in [-0.05, 0) is 29.8 Å². The van der Waals surface area contributed by atoms with Crippen LogP contribution in [0.2, 0.25) is 0 Å². The second kappa shape index (κ2) is 6.01. The fraction of sp³-hybridized carbons (Fsp3) is 0.200. The highest BCUT2D eigenvalue weighted by Crippen LogP contribution is 2.46. The number of hydrogen-bond donors (Lipinski definition) is 1. The Morgan fingerprint density at radius 2 is 1.88 bits per heavy atom. The van der Waals surface area contributed by atoms with E-state index in [2.05, 4.69) is 77.7 Å². The number of hydrogen-bond acceptors (Lipinski definition) is 5. The number of para-hydroxylation sites is 2. The van der Waals surface area contributed by atoms with Crippen molar-refractivity contribution < 1.29 is 0 Å². The summed E-state index contributed by atoms with van der Waals surface area (Å²) in [6, 6.07) is 16.6. The quantitative estimate of drug-likeness (QED) is 0.534. The number of nitrogens with zero attached hydrogens (tertiary/aromatic N) is 3. The third kappa shape index (κ3) is 2.70. The van der Waals surface area contributed by atoms with Gasteiger partial charge in [-0.2, -0.15) is 5.10 Å². The van der Waals surface area contributed by atoms with Gasteiger partial charge in [-0.1, -0.05) is 55.5 Å². The van der Waals surface area contributed by atoms with Crippen LogP contribution in [0.4, 0.5) is 10.8 Å². The highest BCUT2D eigenvalue weighted by molar-refractivity contribution is 7.22. The number of anilines is 2. The number of hydrazone groups is 1. The van der Waals surface area contributed by atoms with Crippen molar-refractivity contribution in [1.29, 1.82) is 0 Å². The molecule has 0 aliphatic carbocycles. The summed E-state index contributed by atoms with van der Waals surface area (Å²) in [5.74, 6) is 0. The first-order chi connectivity index (χ1) is 12.1. The van der Waals surface area contributed by atoms with Gasteiger partial charge in [-0.25, -0.2) is 4.98 Å². The van der Waals surface area contributed by atoms with Crippen LogP contribution in [0.15, 0.2) is 65.4 Å². The molecule has 0 bridgehead atoms. The number of benzene rings is 2. The zero-order chi connectivity index (χ0) is 17.4. The Morgan fingerprint density at radius 3 is 2.68 bits per heavy atom. The minimum absolute atomic E-state index is 0.0345. The number of likely N-dealkylation sites (N-methyl/N-ethyl adjacent to an activating group) is 1. The number of aromatic nitrogens is 1. The van der Waals surface area contributed by atoms with E-state index in [1.165, 1.54) is 16.9 Å². The second-order valence-electron chi connectivity index (χ2n) is 6.63. The Labute approximate surface area is 151 Å². The highest BCUT2D eigenvalue weighted by atomic mass is 32.1. The fourth-order valence-electron chi connectivity index (χ4n) is 3.42. The van der Waals surface area contributed by atoms with E-state index >= 15 is 0 Å². The monoisotopic (exact) mass is 348 g/mol. The molecule has 0 unspecified atom stereocenters. The van der Waals surface area contributed by atoms with Crippen LogP contribution in [0.25, 0.3) is 10.2 Å². The third-order valence-electron chi connectivity index (χ3n) is 4.70. The minimum atomic E-state index is -0.0345. The van der Waals surface area contributed by atoms with Crippen LogP contribution in [-0.2, 0) is 5.41 Å². The van der Waals surface area contributed by atoms with Gasteiger partial charge in [0.1, 0.15) is 0 Å². The second-order valence-corrected chi connectivity index (χ2v) is 7.66. The first-order valence-electron chi connectivity index (χ1n) is 8.26. The maximum atomic E-state index is 4.52. The molecule has 0 saturated carbocycles. The molecule has 1 aliphatic heterocycles. The van der Waals surface area contributed by atoms with Gasteiger partial charge >= 0.3 is 0 Å². The molecular formula is C20H20N4S. The van der Waals surface area contributed by atoms with Crippen LogP contribution >= 0.6 is 11.3 Å². The molecule has 4 rings (SSSR count). The van der Waals surface area contributed by atoms with E-state index in [-0.39, 0.29) is 5.41 Å². The molecule has 5 heteroatoms. The first kappa shape index (κ1) is 15.8. The van der Waals surface area contributed by atoms with Gasteiger partial charge in [0.15, 0.2) is 0 Å². The average Bonchev–Trinajstić information content (AvgIpc) is 3.11. The van der Waals surface area contributed by atoms with Gasteiger partial charge in [-0.15, -0.1) is 0 Å². The van der Waals surface area contributed by atoms with Gasteiger partial charge < -0.3 is 4.90 Å². The number of fused-ring (bicyclic) bond motifs is 2. The van der Waals surface area contributed by atoms with Crippen LogP contribution in [0, 0.1) is 0 Å². The summed E-state index contributed by atoms with van der Waals surface area (Å²) in [6.45, 7) is 4.49. The molecular weight excluding hydrogens is 328 g/mol. The van der Waals surface area contributed by atoms with Crippen molar-refractivity contribution in [2.45, 2.75) is 19.3 Å². The van der Waals surface area contributed by atoms with Crippen molar-refractivity contribution >= 4 is 38.6 Å². The summed E-state index contributed by atoms with van der Waals surface area (Å²) in [5, 5.41) is 5.14. The topological polar surface area (TPSA) is 40.5 Å². The molecule has 2 heterocycles. The van der Waals surface area contributed by atoms with E-state index in [0.717, 1.165) is 15.3 Å². The molecule has 0 fully saturated rings. The number of allylic oxidation sites excluding steroid dienone is 2. The molecule has 4 nitrogen and oxygen atoms in total. The van der Waals surface area contributed by atoms with Crippen molar-refractivity contribution in [3.05, 3.63) is 65.9 Å². The van der Waals surface area contributed by atoms with E-state index in [1.807, 2.05) is 24.4 Å². The summed E-state index contributed by atoms with van der Waals surface area (Å²) < 4.78 is 1.16. The predicted octanol–water partition coefficient (Wildman–Crippen LogP) is 5.01. The number of nitrogens with one attached hydrogen (secondary N) is 1. The molecule has 0 atom stereocenters. The number of thiazole rings is 1. The lowest BCUT2D eigenvalue weighted by Crippen LogP contribution is -2.23. The average molecular weight is 348 g/mol. The molecule has 0 radical (unpaired) electrons. The van der Waals surface area contributed by atoms with Crippen LogP contribution in [-0.4, -0.2) is 18.2 Å². The van der Waals surface area contributed by atoms with Crippen LogP contribution in [0.5, 0.6) is 0 Å². The largest absolute Gasteiger partial charge is 0.347 e. The van der Waals surface area contributed by atoms with Crippen molar-refractivity contribution in [3.63, 3.8) is 0 Å². The Hall–Kier alpha value is -2.66. The highest BCUT2D eigenvalue weighted by Gasteiger charge is 2.37. The van der Waals surface area contributed by atoms with E-state index < -0.39 is 0 Å². The van der Waals surface area contributed by atoms with Gasteiger partial charge in [0.2, 0.25) is 5.13 Å². The summed E-state index contributed by atoms with van der Waals surface area (Å²) in [4.78, 5) is 6.76. The molecule has 1 aliphatic rings. The molecule has 1 aromatic heterocycles. The minimum Gasteiger partial charge on any atom is -0.347 e. The maximum absolute atomic E-state index is 4.52. The Bertz CT molecular complexity index is 951. The normalized spacial score (nSPS) is 17.6. The van der Waals surface area contributed by atoms with Gasteiger partial charge in [0, 0.05) is 30.1 Å². The summed E-state index contributed by atoms with van der Waals surface area (Å²) in [6.07, 6.45) is 3.88. The van der Waals surface area contributed by atoms with Gasteiger partial charge in [0.25, 0.3) is 0 Å². The maximum Gasteiger partial charge on any atom is 0.204 e. The van der Waals surface area contributed by atoms with Crippen LogP contribution < -0.4 is 10.3 Å². The van der Waals surface area contributed by atoms with E-state index in [0.29, 0.717) is 0 Å². The molecule has 0 spiro atoms. The first-order valence-corrected chi connectivity index (χ1v) is 9.07. The third-order valence-corrected chi connectivity index (χ3v) is 5.64.